The molecule has 1 saturated heterocycles. The predicted octanol–water partition coefficient (Wildman–Crippen LogP) is 7.80. The van der Waals surface area contributed by atoms with E-state index in [4.69, 9.17) is 33.0 Å². The molecule has 0 spiro atoms. The number of aliphatic carboxylic acids is 1. The van der Waals surface area contributed by atoms with E-state index in [0.29, 0.717) is 5.56 Å². The molecule has 1 aliphatic heterocycles. The highest BCUT2D eigenvalue weighted by atomic mass is 35.5. The average molecular weight is 631 g/mol. The van der Waals surface area contributed by atoms with Gasteiger partial charge in [0.2, 0.25) is 0 Å². The molecule has 2 amide bonds. The fourth-order valence-electron chi connectivity index (χ4n) is 5.87. The highest BCUT2D eigenvalue weighted by molar-refractivity contribution is 6.31. The first-order valence-electron chi connectivity index (χ1n) is 13.5. The van der Waals surface area contributed by atoms with Crippen molar-refractivity contribution in [3.8, 4) is 11.8 Å². The maximum Gasteiger partial charge on any atom is 0.322 e. The molecule has 0 aliphatic carbocycles. The van der Waals surface area contributed by atoms with E-state index in [9.17, 15) is 14.9 Å². The lowest BCUT2D eigenvalue weighted by Crippen LogP contribution is -2.49. The first-order chi connectivity index (χ1) is 20.2. The molecule has 7 nitrogen and oxygen atoms in total. The van der Waals surface area contributed by atoms with Crippen LogP contribution in [-0.2, 0) is 16.6 Å². The highest BCUT2D eigenvalue weighted by Gasteiger charge is 2.60. The number of carboxylic acids is 1. The molecule has 1 fully saturated rings. The van der Waals surface area contributed by atoms with Crippen LogP contribution in [0.1, 0.15) is 49.8 Å². The van der Waals surface area contributed by atoms with Gasteiger partial charge >= 0.3 is 12.0 Å². The molecule has 4 rings (SSSR count). The summed E-state index contributed by atoms with van der Waals surface area (Å²) in [6, 6.07) is 13.7. The second-order valence-corrected chi connectivity index (χ2v) is 12.6. The summed E-state index contributed by atoms with van der Waals surface area (Å²) in [5, 5.41) is 22.9. The molecule has 226 valence electrons. The number of carboxylic acid groups (broad SMARTS) is 1. The standard InChI is InChI=1S/C32H31Cl2F2N3O4/c1-31(2,3)15-27-32(17-37,21-10-9-19(33)14-24(21)35)22(20-6-5-7-23(34)29(20)36)16-39(27)30(42)38-25-11-8-18(13-28(40)41)12-26(25)43-4/h5-12,14,22,27H,13,15-16H2,1-4H3,(H,38,42)(H,40,41)/t22?,27-,32+/m0/s1. The molecule has 0 aromatic heterocycles. The lowest BCUT2D eigenvalue weighted by molar-refractivity contribution is -0.136. The number of ether oxygens (including phenoxy) is 1. The van der Waals surface area contributed by atoms with Crippen molar-refractivity contribution < 1.29 is 28.2 Å². The van der Waals surface area contributed by atoms with Gasteiger partial charge in [-0.05, 0) is 53.3 Å². The van der Waals surface area contributed by atoms with Crippen LogP contribution in [0.2, 0.25) is 10.0 Å². The SMILES string of the molecule is COc1cc(CC(=O)O)ccc1NC(=O)N1CC(c2cccc(Cl)c2F)[C@@](C#N)(c2ccc(Cl)cc2F)[C@@H]1CC(C)(C)C. The fraction of sp³-hybridized carbons (Fsp3) is 0.344. The number of carbonyl (C=O) groups excluding carboxylic acids is 1. The number of urea groups is 1. The van der Waals surface area contributed by atoms with Crippen LogP contribution in [0.4, 0.5) is 19.3 Å². The Morgan fingerprint density at radius 1 is 1.16 bits per heavy atom. The first-order valence-corrected chi connectivity index (χ1v) is 14.2. The molecule has 43 heavy (non-hydrogen) atoms. The summed E-state index contributed by atoms with van der Waals surface area (Å²) in [5.41, 5.74) is -1.40. The summed E-state index contributed by atoms with van der Waals surface area (Å²) in [6.45, 7) is 5.65. The Kier molecular flexibility index (Phi) is 9.24. The maximum absolute atomic E-state index is 15.8. The van der Waals surface area contributed by atoms with E-state index >= 15 is 8.78 Å². The number of carbonyl (C=O) groups is 2. The summed E-state index contributed by atoms with van der Waals surface area (Å²) >= 11 is 12.2. The second-order valence-electron chi connectivity index (χ2n) is 11.8. The van der Waals surface area contributed by atoms with Crippen LogP contribution in [0.5, 0.6) is 5.75 Å². The molecule has 0 radical (unpaired) electrons. The van der Waals surface area contributed by atoms with Gasteiger partial charge in [-0.15, -0.1) is 0 Å². The largest absolute Gasteiger partial charge is 0.495 e. The molecule has 1 aliphatic rings. The van der Waals surface area contributed by atoms with Crippen LogP contribution < -0.4 is 10.1 Å². The van der Waals surface area contributed by atoms with Gasteiger partial charge < -0.3 is 20.1 Å². The molecule has 11 heteroatoms. The van der Waals surface area contributed by atoms with Gasteiger partial charge in [-0.2, -0.15) is 5.26 Å². The van der Waals surface area contributed by atoms with E-state index < -0.39 is 46.4 Å². The zero-order valence-corrected chi connectivity index (χ0v) is 25.6. The van der Waals surface area contributed by atoms with Crippen LogP contribution in [0.3, 0.4) is 0 Å². The third-order valence-electron chi connectivity index (χ3n) is 7.68. The topological polar surface area (TPSA) is 103 Å². The van der Waals surface area contributed by atoms with Gasteiger partial charge in [0, 0.05) is 23.0 Å². The smallest absolute Gasteiger partial charge is 0.322 e. The van der Waals surface area contributed by atoms with Gasteiger partial charge in [0.1, 0.15) is 22.8 Å². The summed E-state index contributed by atoms with van der Waals surface area (Å²) in [6.07, 6.45) is 0.0119. The number of benzene rings is 3. The Morgan fingerprint density at radius 2 is 1.88 bits per heavy atom. The molecule has 3 aromatic carbocycles. The highest BCUT2D eigenvalue weighted by Crippen LogP contribution is 2.53. The number of nitrogens with zero attached hydrogens (tertiary/aromatic N) is 2. The molecule has 1 unspecified atom stereocenters. The van der Waals surface area contributed by atoms with Crippen LogP contribution in [0.15, 0.2) is 54.6 Å². The quantitative estimate of drug-likeness (QED) is 0.277. The molecule has 3 aromatic rings. The molecule has 1 heterocycles. The van der Waals surface area contributed by atoms with Crippen LogP contribution in [-0.4, -0.2) is 41.7 Å². The number of hydrogen-bond acceptors (Lipinski definition) is 4. The van der Waals surface area contributed by atoms with Gasteiger partial charge in [0.15, 0.2) is 0 Å². The van der Waals surface area contributed by atoms with E-state index in [1.54, 1.807) is 12.1 Å². The maximum atomic E-state index is 15.8. The van der Waals surface area contributed by atoms with Crippen LogP contribution >= 0.6 is 23.2 Å². The lowest BCUT2D eigenvalue weighted by Gasteiger charge is -2.39. The number of likely N-dealkylation sites (tertiary alicyclic amines) is 1. The number of nitrogens with one attached hydrogen (secondary N) is 1. The Balaban J connectivity index is 1.90. The average Bonchev–Trinajstić information content (AvgIpc) is 3.23. The zero-order valence-electron chi connectivity index (χ0n) is 24.1. The van der Waals surface area contributed by atoms with E-state index in [0.717, 1.165) is 6.07 Å². The van der Waals surface area contributed by atoms with Gasteiger partial charge in [-0.3, -0.25) is 4.79 Å². The van der Waals surface area contributed by atoms with Gasteiger partial charge in [0.05, 0.1) is 36.4 Å². The molecule has 0 bridgehead atoms. The molecule has 2 N–H and O–H groups in total. The minimum atomic E-state index is -1.74. The molecular formula is C32H31Cl2F2N3O4. The first kappa shape index (κ1) is 32.1. The zero-order chi connectivity index (χ0) is 31.7. The lowest BCUT2D eigenvalue weighted by atomic mass is 9.64. The number of amides is 2. The van der Waals surface area contributed by atoms with Gasteiger partial charge in [-0.1, -0.05) is 68.2 Å². The number of anilines is 1. The van der Waals surface area contributed by atoms with Crippen LogP contribution in [0.25, 0.3) is 0 Å². The van der Waals surface area contributed by atoms with E-state index in [1.165, 1.54) is 48.4 Å². The predicted molar refractivity (Wildman–Crippen MR) is 161 cm³/mol. The van der Waals surface area contributed by atoms with Crippen molar-refractivity contribution >= 4 is 40.9 Å². The number of hydrogen-bond donors (Lipinski definition) is 2. The van der Waals surface area contributed by atoms with Gasteiger partial charge in [0.25, 0.3) is 0 Å². The Bertz CT molecular complexity index is 1600. The van der Waals surface area contributed by atoms with Crippen molar-refractivity contribution in [1.29, 1.82) is 5.26 Å². The van der Waals surface area contributed by atoms with Crippen molar-refractivity contribution in [2.24, 2.45) is 5.41 Å². The molecule has 3 atom stereocenters. The Morgan fingerprint density at radius 3 is 2.49 bits per heavy atom. The van der Waals surface area contributed by atoms with E-state index in [-0.39, 0.29) is 52.0 Å². The normalized spacial score (nSPS) is 20.0. The van der Waals surface area contributed by atoms with Crippen molar-refractivity contribution in [2.75, 3.05) is 19.0 Å². The third-order valence-corrected chi connectivity index (χ3v) is 8.21. The molecule has 0 saturated carbocycles. The minimum absolute atomic E-state index is 0.0103. The number of methoxy groups -OCH3 is 1. The molecular weight excluding hydrogens is 599 g/mol. The van der Waals surface area contributed by atoms with Gasteiger partial charge in [-0.25, -0.2) is 13.6 Å². The van der Waals surface area contributed by atoms with E-state index in [2.05, 4.69) is 11.4 Å². The third kappa shape index (κ3) is 6.41. The summed E-state index contributed by atoms with van der Waals surface area (Å²) in [5.74, 6) is -3.31. The Labute approximate surface area is 259 Å². The van der Waals surface area contributed by atoms with E-state index in [1.807, 2.05) is 20.8 Å². The fourth-order valence-corrected chi connectivity index (χ4v) is 6.21. The van der Waals surface area contributed by atoms with Crippen molar-refractivity contribution in [2.45, 2.75) is 51.0 Å². The summed E-state index contributed by atoms with van der Waals surface area (Å²) < 4.78 is 36.8. The minimum Gasteiger partial charge on any atom is -0.495 e. The van der Waals surface area contributed by atoms with Crippen molar-refractivity contribution in [1.82, 2.24) is 4.90 Å². The number of nitriles is 1. The Hall–Kier alpha value is -3.87. The summed E-state index contributed by atoms with van der Waals surface area (Å²) in [4.78, 5) is 26.7. The summed E-state index contributed by atoms with van der Waals surface area (Å²) in [7, 11) is 1.38. The monoisotopic (exact) mass is 629 g/mol. The van der Waals surface area contributed by atoms with Crippen LogP contribution in [0, 0.1) is 28.4 Å². The number of halogens is 4. The van der Waals surface area contributed by atoms with Crippen molar-refractivity contribution in [3.63, 3.8) is 0 Å². The number of rotatable bonds is 7. The second kappa shape index (κ2) is 12.4. The van der Waals surface area contributed by atoms with Crippen molar-refractivity contribution in [3.05, 3.63) is 93.0 Å².